The van der Waals surface area contributed by atoms with E-state index in [0.29, 0.717) is 12.4 Å². The summed E-state index contributed by atoms with van der Waals surface area (Å²) >= 11 is 0. The van der Waals surface area contributed by atoms with Crippen molar-refractivity contribution >= 4 is 11.8 Å². The van der Waals surface area contributed by atoms with Crippen molar-refractivity contribution in [3.63, 3.8) is 0 Å². The third-order valence-electron chi connectivity index (χ3n) is 5.77. The third kappa shape index (κ3) is 4.40. The maximum absolute atomic E-state index is 12.9. The monoisotopic (exact) mass is 458 g/mol. The zero-order valence-corrected chi connectivity index (χ0v) is 18.4. The number of aromatic nitrogens is 6. The SMILES string of the molecule is CCc1cc(CNC(=O)c2cc(C(=O)N[C@H]3CCc4cc(-c5nn[nH]n5)ccc43)ncn2)co1. The number of tetrazole rings is 1. The van der Waals surface area contributed by atoms with E-state index in [9.17, 15) is 9.59 Å². The molecule has 0 saturated carbocycles. The van der Waals surface area contributed by atoms with Crippen molar-refractivity contribution in [2.24, 2.45) is 0 Å². The first-order valence-electron chi connectivity index (χ1n) is 10.9. The molecule has 11 nitrogen and oxygen atoms in total. The Kier molecular flexibility index (Phi) is 5.81. The van der Waals surface area contributed by atoms with E-state index in [2.05, 4.69) is 41.2 Å². The van der Waals surface area contributed by atoms with Crippen LogP contribution >= 0.6 is 0 Å². The van der Waals surface area contributed by atoms with Gasteiger partial charge in [-0.2, -0.15) is 5.21 Å². The van der Waals surface area contributed by atoms with Crippen LogP contribution in [0.3, 0.4) is 0 Å². The van der Waals surface area contributed by atoms with Crippen LogP contribution in [-0.2, 0) is 19.4 Å². The highest BCUT2D eigenvalue weighted by atomic mass is 16.3. The number of H-pyrrole nitrogens is 1. The van der Waals surface area contributed by atoms with E-state index in [4.69, 9.17) is 4.42 Å². The molecule has 5 rings (SSSR count). The number of carbonyl (C=O) groups excluding carboxylic acids is 2. The Hall–Kier alpha value is -4.41. The molecule has 3 heterocycles. The van der Waals surface area contributed by atoms with Gasteiger partial charge in [-0.05, 0) is 41.3 Å². The average molecular weight is 458 g/mol. The lowest BCUT2D eigenvalue weighted by molar-refractivity contribution is 0.0931. The Morgan fingerprint density at radius 3 is 2.76 bits per heavy atom. The van der Waals surface area contributed by atoms with Gasteiger partial charge in [0.2, 0.25) is 5.82 Å². The predicted molar refractivity (Wildman–Crippen MR) is 119 cm³/mol. The number of nitrogens with zero attached hydrogens (tertiary/aromatic N) is 5. The van der Waals surface area contributed by atoms with Crippen LogP contribution in [0.2, 0.25) is 0 Å². The zero-order valence-electron chi connectivity index (χ0n) is 18.4. The third-order valence-corrected chi connectivity index (χ3v) is 5.77. The average Bonchev–Trinajstić information content (AvgIpc) is 3.64. The lowest BCUT2D eigenvalue weighted by atomic mass is 10.0. The molecule has 2 amide bonds. The first kappa shape index (κ1) is 21.4. The predicted octanol–water partition coefficient (Wildman–Crippen LogP) is 2.16. The van der Waals surface area contributed by atoms with Crippen molar-refractivity contribution < 1.29 is 14.0 Å². The van der Waals surface area contributed by atoms with E-state index in [1.807, 2.05) is 31.2 Å². The molecule has 0 unspecified atom stereocenters. The van der Waals surface area contributed by atoms with Crippen LogP contribution in [0.25, 0.3) is 11.4 Å². The number of furan rings is 1. The maximum Gasteiger partial charge on any atom is 0.270 e. The quantitative estimate of drug-likeness (QED) is 0.381. The van der Waals surface area contributed by atoms with Crippen molar-refractivity contribution in [2.45, 2.75) is 38.8 Å². The Labute approximate surface area is 194 Å². The standard InChI is InChI=1S/C23H22N8O3/c1-2-16-7-13(11-34-16)10-24-22(32)19-9-20(26-12-25-19)23(33)27-18-6-4-14-8-15(3-5-17(14)18)21-28-30-31-29-21/h3,5,7-9,11-12,18H,2,4,6,10H2,1H3,(H,24,32)(H,27,33)(H,28,29,30,31)/t18-/m0/s1. The summed E-state index contributed by atoms with van der Waals surface area (Å²) in [5.74, 6) is 0.625. The molecule has 0 aliphatic heterocycles. The number of aromatic amines is 1. The fourth-order valence-electron chi connectivity index (χ4n) is 4.01. The zero-order chi connectivity index (χ0) is 23.5. The van der Waals surface area contributed by atoms with Crippen molar-refractivity contribution in [3.8, 4) is 11.4 Å². The summed E-state index contributed by atoms with van der Waals surface area (Å²) in [6, 6.07) is 9.03. The summed E-state index contributed by atoms with van der Waals surface area (Å²) in [6.07, 6.45) is 5.19. The van der Waals surface area contributed by atoms with Crippen molar-refractivity contribution in [1.82, 2.24) is 41.2 Å². The number of rotatable bonds is 7. The highest BCUT2D eigenvalue weighted by molar-refractivity contribution is 5.97. The number of aryl methyl sites for hydroxylation is 2. The van der Waals surface area contributed by atoms with Crippen LogP contribution in [-0.4, -0.2) is 42.4 Å². The molecule has 0 radical (unpaired) electrons. The number of carbonyl (C=O) groups is 2. The molecular formula is C23H22N8O3. The first-order valence-corrected chi connectivity index (χ1v) is 10.9. The molecule has 0 fully saturated rings. The number of hydrogen-bond donors (Lipinski definition) is 3. The molecule has 3 N–H and O–H groups in total. The van der Waals surface area contributed by atoms with Gasteiger partial charge in [0.25, 0.3) is 11.8 Å². The van der Waals surface area contributed by atoms with Crippen LogP contribution in [0, 0.1) is 0 Å². The molecule has 3 aromatic heterocycles. The largest absolute Gasteiger partial charge is 0.469 e. The number of hydrogen-bond acceptors (Lipinski definition) is 8. The normalized spacial score (nSPS) is 14.6. The van der Waals surface area contributed by atoms with Crippen molar-refractivity contribution in [1.29, 1.82) is 0 Å². The van der Waals surface area contributed by atoms with Gasteiger partial charge in [-0.1, -0.05) is 19.1 Å². The second-order valence-electron chi connectivity index (χ2n) is 7.96. The topological polar surface area (TPSA) is 152 Å². The molecule has 11 heteroatoms. The minimum atomic E-state index is -0.393. The molecule has 0 saturated heterocycles. The molecule has 34 heavy (non-hydrogen) atoms. The van der Waals surface area contributed by atoms with E-state index >= 15 is 0 Å². The molecule has 0 bridgehead atoms. The Morgan fingerprint density at radius 1 is 1.15 bits per heavy atom. The van der Waals surface area contributed by atoms with Crippen LogP contribution in [0.1, 0.15) is 62.8 Å². The summed E-state index contributed by atoms with van der Waals surface area (Å²) in [4.78, 5) is 33.5. The Morgan fingerprint density at radius 2 is 2.00 bits per heavy atom. The van der Waals surface area contributed by atoms with Gasteiger partial charge in [-0.15, -0.1) is 10.2 Å². The van der Waals surface area contributed by atoms with Gasteiger partial charge < -0.3 is 15.1 Å². The minimum Gasteiger partial charge on any atom is -0.469 e. The van der Waals surface area contributed by atoms with E-state index in [1.165, 1.54) is 12.4 Å². The number of fused-ring (bicyclic) bond motifs is 1. The molecule has 0 spiro atoms. The molecule has 1 aromatic carbocycles. The van der Waals surface area contributed by atoms with Gasteiger partial charge in [0.05, 0.1) is 12.3 Å². The lowest BCUT2D eigenvalue weighted by Gasteiger charge is -2.14. The van der Waals surface area contributed by atoms with Crippen molar-refractivity contribution in [2.75, 3.05) is 0 Å². The molecule has 4 aromatic rings. The molecular weight excluding hydrogens is 436 g/mol. The number of nitrogens with one attached hydrogen (secondary N) is 3. The number of amides is 2. The first-order chi connectivity index (χ1) is 16.6. The summed E-state index contributed by atoms with van der Waals surface area (Å²) in [6.45, 7) is 2.30. The Balaban J connectivity index is 1.24. The van der Waals surface area contributed by atoms with Gasteiger partial charge in [0.1, 0.15) is 23.5 Å². The minimum absolute atomic E-state index is 0.121. The van der Waals surface area contributed by atoms with E-state index < -0.39 is 5.91 Å². The molecule has 1 atom stereocenters. The van der Waals surface area contributed by atoms with E-state index in [1.54, 1.807) is 6.26 Å². The summed E-state index contributed by atoms with van der Waals surface area (Å²) in [5.41, 5.74) is 4.15. The molecule has 1 aliphatic rings. The second-order valence-corrected chi connectivity index (χ2v) is 7.96. The molecule has 1 aliphatic carbocycles. The highest BCUT2D eigenvalue weighted by Crippen LogP contribution is 2.33. The smallest absolute Gasteiger partial charge is 0.270 e. The van der Waals surface area contributed by atoms with Gasteiger partial charge >= 0.3 is 0 Å². The van der Waals surface area contributed by atoms with Crippen LogP contribution in [0.5, 0.6) is 0 Å². The van der Waals surface area contributed by atoms with Crippen molar-refractivity contribution in [3.05, 3.63) is 76.8 Å². The van der Waals surface area contributed by atoms with Crippen LogP contribution < -0.4 is 10.6 Å². The van der Waals surface area contributed by atoms with Crippen LogP contribution in [0.15, 0.2) is 47.3 Å². The summed E-state index contributed by atoms with van der Waals surface area (Å²) < 4.78 is 5.38. The van der Waals surface area contributed by atoms with Gasteiger partial charge in [0.15, 0.2) is 0 Å². The van der Waals surface area contributed by atoms with Crippen LogP contribution in [0.4, 0.5) is 0 Å². The molecule has 172 valence electrons. The van der Waals surface area contributed by atoms with Gasteiger partial charge in [0, 0.05) is 30.2 Å². The van der Waals surface area contributed by atoms with E-state index in [-0.39, 0.29) is 23.3 Å². The number of benzene rings is 1. The van der Waals surface area contributed by atoms with Gasteiger partial charge in [-0.3, -0.25) is 9.59 Å². The van der Waals surface area contributed by atoms with E-state index in [0.717, 1.165) is 47.3 Å². The highest BCUT2D eigenvalue weighted by Gasteiger charge is 2.26. The Bertz CT molecular complexity index is 1330. The fourth-order valence-corrected chi connectivity index (χ4v) is 4.01. The maximum atomic E-state index is 12.9. The van der Waals surface area contributed by atoms with Gasteiger partial charge in [-0.25, -0.2) is 9.97 Å². The second kappa shape index (κ2) is 9.22. The fraction of sp³-hybridized carbons (Fsp3) is 0.261. The summed E-state index contributed by atoms with van der Waals surface area (Å²) in [5, 5.41) is 19.9. The lowest BCUT2D eigenvalue weighted by Crippen LogP contribution is -2.29. The summed E-state index contributed by atoms with van der Waals surface area (Å²) in [7, 11) is 0.